The normalized spacial score (nSPS) is 11.0. The molecule has 0 saturated carbocycles. The van der Waals surface area contributed by atoms with Crippen LogP contribution in [0.4, 0.5) is 0 Å². The predicted molar refractivity (Wildman–Crippen MR) is 86.1 cm³/mol. The third-order valence-electron chi connectivity index (χ3n) is 3.29. The van der Waals surface area contributed by atoms with Crippen molar-refractivity contribution in [1.29, 1.82) is 0 Å². The highest BCUT2D eigenvalue weighted by atomic mass is 32.2. The lowest BCUT2D eigenvalue weighted by molar-refractivity contribution is 0.595. The van der Waals surface area contributed by atoms with Gasteiger partial charge in [-0.2, -0.15) is 0 Å². The SMILES string of the molecule is C=CCc1cccc(S(=O)(=O)c2ccccc2)c1CC=C. The van der Waals surface area contributed by atoms with Crippen molar-refractivity contribution in [1.82, 2.24) is 0 Å². The van der Waals surface area contributed by atoms with Crippen LogP contribution in [0, 0.1) is 0 Å². The van der Waals surface area contributed by atoms with E-state index in [-0.39, 0.29) is 0 Å². The molecule has 0 saturated heterocycles. The standard InChI is InChI=1S/C18H18O2S/c1-3-9-15-11-8-14-18(17(15)10-4-2)21(19,20)16-12-6-5-7-13-16/h3-8,11-14H,1-2,9-10H2. The topological polar surface area (TPSA) is 34.1 Å². The van der Waals surface area contributed by atoms with Crippen LogP contribution >= 0.6 is 0 Å². The molecule has 0 aliphatic heterocycles. The van der Waals surface area contributed by atoms with E-state index >= 15 is 0 Å². The van der Waals surface area contributed by atoms with E-state index in [0.29, 0.717) is 22.6 Å². The van der Waals surface area contributed by atoms with Crippen molar-refractivity contribution in [3.05, 3.63) is 85.0 Å². The van der Waals surface area contributed by atoms with Crippen molar-refractivity contribution in [3.8, 4) is 0 Å². The fourth-order valence-electron chi connectivity index (χ4n) is 2.31. The van der Waals surface area contributed by atoms with Gasteiger partial charge in [-0.25, -0.2) is 8.42 Å². The first-order chi connectivity index (χ1) is 10.1. The molecule has 0 atom stereocenters. The largest absolute Gasteiger partial charge is 0.219 e. The average Bonchev–Trinajstić information content (AvgIpc) is 2.50. The Morgan fingerprint density at radius 1 is 0.857 bits per heavy atom. The first kappa shape index (κ1) is 15.3. The van der Waals surface area contributed by atoms with Crippen molar-refractivity contribution in [2.24, 2.45) is 0 Å². The second-order valence-corrected chi connectivity index (χ2v) is 6.61. The van der Waals surface area contributed by atoms with E-state index in [2.05, 4.69) is 13.2 Å². The van der Waals surface area contributed by atoms with Gasteiger partial charge in [-0.1, -0.05) is 42.5 Å². The Bertz CT molecular complexity index is 744. The fourth-order valence-corrected chi connectivity index (χ4v) is 3.88. The molecule has 2 aromatic carbocycles. The van der Waals surface area contributed by atoms with Crippen LogP contribution in [-0.2, 0) is 22.7 Å². The van der Waals surface area contributed by atoms with Gasteiger partial charge in [0, 0.05) is 0 Å². The molecule has 108 valence electrons. The third kappa shape index (κ3) is 3.14. The molecule has 0 heterocycles. The molecule has 0 aliphatic rings. The van der Waals surface area contributed by atoms with Gasteiger partial charge >= 0.3 is 0 Å². The number of hydrogen-bond acceptors (Lipinski definition) is 2. The molecule has 2 rings (SSSR count). The summed E-state index contributed by atoms with van der Waals surface area (Å²) in [5, 5.41) is 0. The zero-order chi connectivity index (χ0) is 15.3. The van der Waals surface area contributed by atoms with Crippen LogP contribution < -0.4 is 0 Å². The molecule has 0 amide bonds. The van der Waals surface area contributed by atoms with Gasteiger partial charge in [-0.05, 0) is 42.2 Å². The lowest BCUT2D eigenvalue weighted by Crippen LogP contribution is -2.07. The van der Waals surface area contributed by atoms with E-state index in [9.17, 15) is 8.42 Å². The molecular formula is C18H18O2S. The average molecular weight is 298 g/mol. The second-order valence-electron chi connectivity index (χ2n) is 4.70. The Morgan fingerprint density at radius 3 is 2.14 bits per heavy atom. The van der Waals surface area contributed by atoms with Crippen molar-refractivity contribution in [2.45, 2.75) is 22.6 Å². The summed E-state index contributed by atoms with van der Waals surface area (Å²) in [4.78, 5) is 0.666. The number of rotatable bonds is 6. The van der Waals surface area contributed by atoms with Gasteiger partial charge in [-0.15, -0.1) is 13.2 Å². The number of benzene rings is 2. The molecule has 0 aromatic heterocycles. The Labute approximate surface area is 126 Å². The highest BCUT2D eigenvalue weighted by Gasteiger charge is 2.21. The second kappa shape index (κ2) is 6.55. The zero-order valence-corrected chi connectivity index (χ0v) is 12.6. The minimum atomic E-state index is -3.51. The van der Waals surface area contributed by atoms with Crippen LogP contribution in [0.5, 0.6) is 0 Å². The molecule has 2 nitrogen and oxygen atoms in total. The van der Waals surface area contributed by atoms with Crippen molar-refractivity contribution in [3.63, 3.8) is 0 Å². The molecular weight excluding hydrogens is 280 g/mol. The minimum absolute atomic E-state index is 0.311. The van der Waals surface area contributed by atoms with Crippen LogP contribution in [0.1, 0.15) is 11.1 Å². The molecule has 0 aliphatic carbocycles. The molecule has 0 fully saturated rings. The number of sulfone groups is 1. The molecule has 2 aromatic rings. The molecule has 0 unspecified atom stereocenters. The first-order valence-electron chi connectivity index (χ1n) is 6.74. The summed E-state index contributed by atoms with van der Waals surface area (Å²) in [6, 6.07) is 13.9. The van der Waals surface area contributed by atoms with Crippen LogP contribution in [0.3, 0.4) is 0 Å². The molecule has 0 radical (unpaired) electrons. The maximum Gasteiger partial charge on any atom is 0.206 e. The first-order valence-corrected chi connectivity index (χ1v) is 8.22. The fraction of sp³-hybridized carbons (Fsp3) is 0.111. The van der Waals surface area contributed by atoms with Gasteiger partial charge in [0.15, 0.2) is 0 Å². The van der Waals surface area contributed by atoms with Crippen molar-refractivity contribution < 1.29 is 8.42 Å². The van der Waals surface area contributed by atoms with Gasteiger partial charge in [0.05, 0.1) is 9.79 Å². The van der Waals surface area contributed by atoms with Crippen LogP contribution in [0.25, 0.3) is 0 Å². The highest BCUT2D eigenvalue weighted by molar-refractivity contribution is 7.91. The van der Waals surface area contributed by atoms with Gasteiger partial charge in [0.25, 0.3) is 0 Å². The van der Waals surface area contributed by atoms with E-state index in [1.54, 1.807) is 54.6 Å². The van der Waals surface area contributed by atoms with E-state index < -0.39 is 9.84 Å². The summed E-state index contributed by atoms with van der Waals surface area (Å²) in [5.41, 5.74) is 1.78. The molecule has 0 bridgehead atoms. The molecule has 3 heteroatoms. The number of hydrogen-bond donors (Lipinski definition) is 0. The van der Waals surface area contributed by atoms with Gasteiger partial charge in [0.1, 0.15) is 0 Å². The summed E-state index contributed by atoms with van der Waals surface area (Å²) < 4.78 is 25.7. The highest BCUT2D eigenvalue weighted by Crippen LogP contribution is 2.27. The lowest BCUT2D eigenvalue weighted by atomic mass is 10.0. The van der Waals surface area contributed by atoms with Crippen LogP contribution in [0.2, 0.25) is 0 Å². The van der Waals surface area contributed by atoms with E-state index in [0.717, 1.165) is 11.1 Å². The summed E-state index contributed by atoms with van der Waals surface area (Å²) >= 11 is 0. The van der Waals surface area contributed by atoms with Gasteiger partial charge < -0.3 is 0 Å². The molecule has 21 heavy (non-hydrogen) atoms. The maximum atomic E-state index is 12.8. The van der Waals surface area contributed by atoms with E-state index in [1.165, 1.54) is 0 Å². The minimum Gasteiger partial charge on any atom is -0.219 e. The maximum absolute atomic E-state index is 12.8. The summed E-state index contributed by atoms with van der Waals surface area (Å²) in [5.74, 6) is 0. The smallest absolute Gasteiger partial charge is 0.206 e. The predicted octanol–water partition coefficient (Wildman–Crippen LogP) is 3.98. The Morgan fingerprint density at radius 2 is 1.52 bits per heavy atom. The Balaban J connectivity index is 2.65. The van der Waals surface area contributed by atoms with E-state index in [4.69, 9.17) is 0 Å². The van der Waals surface area contributed by atoms with Crippen molar-refractivity contribution in [2.75, 3.05) is 0 Å². The summed E-state index contributed by atoms with van der Waals surface area (Å²) in [6.07, 6.45) is 4.67. The summed E-state index contributed by atoms with van der Waals surface area (Å²) in [7, 11) is -3.51. The van der Waals surface area contributed by atoms with Crippen LogP contribution in [0.15, 0.2) is 83.6 Å². The molecule has 0 spiro atoms. The van der Waals surface area contributed by atoms with Gasteiger partial charge in [0.2, 0.25) is 9.84 Å². The van der Waals surface area contributed by atoms with Crippen molar-refractivity contribution >= 4 is 9.84 Å². The lowest BCUT2D eigenvalue weighted by Gasteiger charge is -2.13. The van der Waals surface area contributed by atoms with E-state index in [1.807, 2.05) is 6.07 Å². The quantitative estimate of drug-likeness (QED) is 0.756. The zero-order valence-electron chi connectivity index (χ0n) is 11.8. The molecule has 0 N–H and O–H groups in total. The third-order valence-corrected chi connectivity index (χ3v) is 5.14. The Kier molecular flexibility index (Phi) is 4.76. The number of allylic oxidation sites excluding steroid dienone is 2. The van der Waals surface area contributed by atoms with Crippen LogP contribution in [-0.4, -0.2) is 8.42 Å². The Hall–Kier alpha value is -2.13. The van der Waals surface area contributed by atoms with Gasteiger partial charge in [-0.3, -0.25) is 0 Å². The summed E-state index contributed by atoms with van der Waals surface area (Å²) in [6.45, 7) is 7.46. The monoisotopic (exact) mass is 298 g/mol.